The Morgan fingerprint density at radius 1 is 0.702 bits per heavy atom. The molecular formula is C51H74N9O24. The summed E-state index contributed by atoms with van der Waals surface area (Å²) in [5, 5.41) is 158. The molecule has 33 heteroatoms. The van der Waals surface area contributed by atoms with Crippen LogP contribution in [0.5, 0.6) is 5.75 Å². The maximum atomic E-state index is 14.0. The number of hydrogen-bond acceptors (Lipinski definition) is 26. The highest BCUT2D eigenvalue weighted by molar-refractivity contribution is 5.95. The Hall–Kier alpha value is -6.19. The predicted octanol–water partition coefficient (Wildman–Crippen LogP) is -11.1. The molecule has 33 nitrogen and oxygen atoms in total. The molecule has 84 heavy (non-hydrogen) atoms. The maximum Gasteiger partial charge on any atom is 0.246 e. The monoisotopic (exact) mass is 1200 g/mol. The summed E-state index contributed by atoms with van der Waals surface area (Å²) in [5.74, 6) is -6.55. The van der Waals surface area contributed by atoms with Crippen molar-refractivity contribution in [1.29, 1.82) is 5.41 Å². The number of carbonyl (C=O) groups excluding carboxylic acids is 6. The van der Waals surface area contributed by atoms with Crippen LogP contribution < -0.4 is 42.4 Å². The van der Waals surface area contributed by atoms with E-state index in [1.54, 1.807) is 43.5 Å². The Bertz CT molecular complexity index is 2520. The Morgan fingerprint density at radius 3 is 1.88 bits per heavy atom. The van der Waals surface area contributed by atoms with E-state index in [0.29, 0.717) is 11.1 Å². The maximum absolute atomic E-state index is 14.0. The van der Waals surface area contributed by atoms with Crippen molar-refractivity contribution in [3.63, 3.8) is 0 Å². The molecule has 0 aliphatic carbocycles. The number of amides is 5. The van der Waals surface area contributed by atoms with Crippen LogP contribution in [0.1, 0.15) is 30.9 Å². The van der Waals surface area contributed by atoms with Gasteiger partial charge in [-0.1, -0.05) is 49.4 Å². The van der Waals surface area contributed by atoms with E-state index in [-0.39, 0.29) is 18.7 Å². The highest BCUT2D eigenvalue weighted by Crippen LogP contribution is 2.32. The molecule has 467 valence electrons. The summed E-state index contributed by atoms with van der Waals surface area (Å²) in [6.45, 7) is -1.92. The van der Waals surface area contributed by atoms with E-state index in [0.717, 1.165) is 4.90 Å². The van der Waals surface area contributed by atoms with Crippen molar-refractivity contribution >= 4 is 41.8 Å². The summed E-state index contributed by atoms with van der Waals surface area (Å²) in [6, 6.07) is 4.74. The fourth-order valence-corrected chi connectivity index (χ4v) is 9.73. The summed E-state index contributed by atoms with van der Waals surface area (Å²) in [4.78, 5) is 81.1. The number of nitrogens with zero attached hydrogens (tertiary/aromatic N) is 1. The summed E-state index contributed by atoms with van der Waals surface area (Å²) in [6.07, 6.45) is -26.1. The molecule has 22 N–H and O–H groups in total. The molecule has 0 saturated carbocycles. The number of ether oxygens (including phenoxy) is 5. The van der Waals surface area contributed by atoms with Gasteiger partial charge >= 0.3 is 0 Å². The molecule has 0 bridgehead atoms. The van der Waals surface area contributed by atoms with Gasteiger partial charge in [0.1, 0.15) is 103 Å². The van der Waals surface area contributed by atoms with Gasteiger partial charge in [0, 0.05) is 18.9 Å². The average molecular weight is 1200 g/mol. The van der Waals surface area contributed by atoms with Gasteiger partial charge in [0.25, 0.3) is 0 Å². The van der Waals surface area contributed by atoms with Gasteiger partial charge < -0.3 is 133 Å². The van der Waals surface area contributed by atoms with Crippen molar-refractivity contribution < 1.29 is 119 Å². The predicted molar refractivity (Wildman–Crippen MR) is 280 cm³/mol. The van der Waals surface area contributed by atoms with Crippen molar-refractivity contribution in [2.45, 2.75) is 161 Å². The van der Waals surface area contributed by atoms with Crippen LogP contribution in [0.2, 0.25) is 0 Å². The SMILES string of the molecule is CC(N)C(=O)NC(C(=O)NC(CO)C(=O)NCC(=O)NC(C(=O)NC([C]=O)Cc1ccc(OC2OC(CO)C(OC3OC(CO)C(O)C(O)C3O)C(O)C2O)cc1)C(C)c1ccccc1)C(O)C1CNC(=N)N1C1OC(CO)C(O)C(O)C1O. The van der Waals surface area contributed by atoms with Crippen LogP contribution in [-0.2, 0) is 54.1 Å². The van der Waals surface area contributed by atoms with Gasteiger partial charge in [-0.15, -0.1) is 0 Å². The number of aliphatic hydroxyl groups is 13. The van der Waals surface area contributed by atoms with Crippen LogP contribution in [0.25, 0.3) is 0 Å². The standard InChI is InChI=1S/C51H74N9O24/c1-20(23-6-4-3-5-7-23)32(46(78)56-24(15-61)12-22-8-10-25(11-9-22)80-49-42(75)39(72)43(30(19-65)83-49)84-50-41(74)38(71)36(69)29(18-64)82-50)58-31(66)14-54-45(77)26(16-62)57-47(79)33(59-44(76)21(2)52)34(67)27-13-55-51(53)60(27)48-40(73)37(70)35(68)28(17-63)81-48/h3-11,20-21,24,26-30,32-43,48-50,62-65,67-75H,12-14,16-19,52H2,1-2H3,(H2,53,55)(H,54,77)(H,56,78)(H,57,79)(H,58,66)(H,59,76). The lowest BCUT2D eigenvalue weighted by molar-refractivity contribution is -0.352. The molecule has 2 aromatic carbocycles. The highest BCUT2D eigenvalue weighted by atomic mass is 16.7. The zero-order valence-corrected chi connectivity index (χ0v) is 45.3. The zero-order valence-electron chi connectivity index (χ0n) is 45.3. The molecule has 5 amide bonds. The van der Waals surface area contributed by atoms with Crippen molar-refractivity contribution in [1.82, 2.24) is 36.8 Å². The molecule has 2 aromatic rings. The van der Waals surface area contributed by atoms with Crippen molar-refractivity contribution in [2.75, 3.05) is 39.5 Å². The van der Waals surface area contributed by atoms with Crippen LogP contribution in [0.3, 0.4) is 0 Å². The molecular weight excluding hydrogens is 1120 g/mol. The topological polar surface area (TPSA) is 537 Å². The fraction of sp³-hybridized carbons (Fsp3) is 0.627. The molecule has 6 rings (SSSR count). The summed E-state index contributed by atoms with van der Waals surface area (Å²) < 4.78 is 27.9. The van der Waals surface area contributed by atoms with Gasteiger partial charge in [0.2, 0.25) is 42.1 Å². The number of nitrogens with two attached hydrogens (primary N) is 1. The summed E-state index contributed by atoms with van der Waals surface area (Å²) >= 11 is 0. The van der Waals surface area contributed by atoms with Gasteiger partial charge in [-0.05, 0) is 30.2 Å². The van der Waals surface area contributed by atoms with Crippen LogP contribution in [0.15, 0.2) is 54.6 Å². The quantitative estimate of drug-likeness (QED) is 0.0416. The third-order valence-electron chi connectivity index (χ3n) is 14.7. The van der Waals surface area contributed by atoms with E-state index in [2.05, 4.69) is 31.9 Å². The zero-order chi connectivity index (χ0) is 61.9. The van der Waals surface area contributed by atoms with Crippen LogP contribution >= 0.6 is 0 Å². The smallest absolute Gasteiger partial charge is 0.246 e. The molecule has 23 unspecified atom stereocenters. The van der Waals surface area contributed by atoms with E-state index >= 15 is 0 Å². The molecule has 4 aliphatic heterocycles. The number of benzene rings is 2. The second-order valence-electron chi connectivity index (χ2n) is 20.5. The Kier molecular flexibility index (Phi) is 24.1. The number of rotatable bonds is 26. The largest absolute Gasteiger partial charge is 0.462 e. The van der Waals surface area contributed by atoms with Crippen molar-refractivity contribution in [2.24, 2.45) is 5.73 Å². The second-order valence-corrected chi connectivity index (χ2v) is 20.5. The van der Waals surface area contributed by atoms with Crippen molar-refractivity contribution in [3.05, 3.63) is 65.7 Å². The van der Waals surface area contributed by atoms with Crippen LogP contribution in [-0.4, -0.2) is 287 Å². The minimum Gasteiger partial charge on any atom is -0.462 e. The average Bonchev–Trinajstić information content (AvgIpc) is 4.02. The molecule has 4 saturated heterocycles. The van der Waals surface area contributed by atoms with Gasteiger partial charge in [-0.25, -0.2) is 0 Å². The first-order valence-electron chi connectivity index (χ1n) is 26.6. The van der Waals surface area contributed by atoms with Gasteiger partial charge in [-0.3, -0.25) is 34.2 Å². The number of carbonyl (C=O) groups is 5. The van der Waals surface area contributed by atoms with Crippen molar-refractivity contribution in [3.8, 4) is 5.75 Å². The van der Waals surface area contributed by atoms with Crippen LogP contribution in [0, 0.1) is 5.41 Å². The van der Waals surface area contributed by atoms with E-state index in [1.807, 2.05) is 0 Å². The van der Waals surface area contributed by atoms with E-state index in [1.165, 1.54) is 31.2 Å². The third kappa shape index (κ3) is 15.8. The first kappa shape index (κ1) is 66.9. The first-order valence-corrected chi connectivity index (χ1v) is 26.6. The number of aliphatic hydroxyl groups excluding tert-OH is 13. The number of nitrogens with one attached hydrogen (secondary N) is 7. The number of guanidine groups is 1. The van der Waals surface area contributed by atoms with Gasteiger partial charge in [0.05, 0.1) is 51.1 Å². The minimum atomic E-state index is -2.05. The molecule has 4 aliphatic rings. The third-order valence-corrected chi connectivity index (χ3v) is 14.7. The van der Waals surface area contributed by atoms with Crippen LogP contribution in [0.4, 0.5) is 0 Å². The molecule has 1 radical (unpaired) electrons. The Labute approximate surface area is 479 Å². The Morgan fingerprint density at radius 2 is 1.29 bits per heavy atom. The summed E-state index contributed by atoms with van der Waals surface area (Å²) in [7, 11) is 0. The number of hydrogen-bond donors (Lipinski definition) is 21. The molecule has 23 atom stereocenters. The molecule has 0 spiro atoms. The van der Waals surface area contributed by atoms with E-state index < -0.39 is 209 Å². The lowest BCUT2D eigenvalue weighted by atomic mass is 9.92. The normalized spacial score (nSPS) is 32.2. The van der Waals surface area contributed by atoms with E-state index in [4.69, 9.17) is 34.8 Å². The van der Waals surface area contributed by atoms with Gasteiger partial charge in [-0.2, -0.15) is 0 Å². The van der Waals surface area contributed by atoms with E-state index in [9.17, 15) is 95.2 Å². The highest BCUT2D eigenvalue weighted by Gasteiger charge is 2.54. The lowest BCUT2D eigenvalue weighted by Gasteiger charge is -2.46. The Balaban J connectivity index is 1.07. The molecule has 4 heterocycles. The fourth-order valence-electron chi connectivity index (χ4n) is 9.73. The first-order chi connectivity index (χ1) is 39.9. The lowest BCUT2D eigenvalue weighted by Crippen LogP contribution is -2.68. The minimum absolute atomic E-state index is 0.0487. The van der Waals surface area contributed by atoms with Gasteiger partial charge in [0.15, 0.2) is 18.5 Å². The molecule has 4 fully saturated rings. The molecule has 0 aromatic heterocycles. The second kappa shape index (κ2) is 30.2. The summed E-state index contributed by atoms with van der Waals surface area (Å²) in [5.41, 5.74) is 6.71.